The van der Waals surface area contributed by atoms with Crippen molar-refractivity contribution in [2.24, 2.45) is 0 Å². The van der Waals surface area contributed by atoms with Crippen molar-refractivity contribution in [3.8, 4) is 5.75 Å². The summed E-state index contributed by atoms with van der Waals surface area (Å²) in [6.45, 7) is 3.17. The molecule has 0 aliphatic carbocycles. The van der Waals surface area contributed by atoms with Gasteiger partial charge in [-0.25, -0.2) is 14.4 Å². The monoisotopic (exact) mass is 427 g/mol. The smallest absolute Gasteiger partial charge is 0.261 e. The number of hydrogen-bond donors (Lipinski definition) is 1. The lowest BCUT2D eigenvalue weighted by atomic mass is 10.0. The van der Waals surface area contributed by atoms with E-state index in [1.807, 2.05) is 0 Å². The summed E-state index contributed by atoms with van der Waals surface area (Å²) in [5.74, 6) is 1.30. The van der Waals surface area contributed by atoms with E-state index >= 15 is 0 Å². The van der Waals surface area contributed by atoms with E-state index in [1.54, 1.807) is 23.8 Å². The minimum absolute atomic E-state index is 0.0329. The number of ether oxygens (including phenoxy) is 1. The summed E-state index contributed by atoms with van der Waals surface area (Å²) >= 11 is 0. The molecule has 1 aromatic heterocycles. The number of halogens is 1. The number of fused-ring (bicyclic) bond motifs is 1. The fourth-order valence-corrected chi connectivity index (χ4v) is 4.15. The topological polar surface area (TPSA) is 87.7 Å². The molecule has 1 fully saturated rings. The van der Waals surface area contributed by atoms with Gasteiger partial charge in [0.05, 0.1) is 18.3 Å². The Balaban J connectivity index is 1.51. The van der Waals surface area contributed by atoms with E-state index in [9.17, 15) is 14.0 Å². The molecule has 4 rings (SSSR count). The summed E-state index contributed by atoms with van der Waals surface area (Å²) in [6, 6.07) is 5.38. The Bertz CT molecular complexity index is 965. The van der Waals surface area contributed by atoms with Crippen molar-refractivity contribution in [1.82, 2.24) is 19.8 Å². The number of carbonyl (C=O) groups excluding carboxylic acids is 2. The lowest BCUT2D eigenvalue weighted by Crippen LogP contribution is -2.37. The molecule has 2 aromatic rings. The number of aromatic nitrogens is 2. The average Bonchev–Trinajstić information content (AvgIpc) is 3.27. The third-order valence-corrected chi connectivity index (χ3v) is 5.81. The van der Waals surface area contributed by atoms with Gasteiger partial charge in [-0.15, -0.1) is 0 Å². The van der Waals surface area contributed by atoms with Crippen LogP contribution in [0.5, 0.6) is 5.75 Å². The molecule has 1 unspecified atom stereocenters. The molecule has 9 heteroatoms. The Kier molecular flexibility index (Phi) is 6.01. The van der Waals surface area contributed by atoms with E-state index in [-0.39, 0.29) is 30.3 Å². The highest BCUT2D eigenvalue weighted by molar-refractivity contribution is 5.78. The van der Waals surface area contributed by atoms with Crippen molar-refractivity contribution in [2.45, 2.75) is 38.8 Å². The van der Waals surface area contributed by atoms with Crippen LogP contribution >= 0.6 is 0 Å². The highest BCUT2D eigenvalue weighted by Gasteiger charge is 2.34. The van der Waals surface area contributed by atoms with E-state index in [2.05, 4.69) is 5.32 Å². The molecule has 31 heavy (non-hydrogen) atoms. The van der Waals surface area contributed by atoms with Gasteiger partial charge in [0.2, 0.25) is 5.91 Å². The molecule has 0 radical (unpaired) electrons. The van der Waals surface area contributed by atoms with Crippen molar-refractivity contribution < 1.29 is 18.7 Å². The molecular formula is C22H26FN5O3. The summed E-state index contributed by atoms with van der Waals surface area (Å²) in [7, 11) is 1.80. The number of likely N-dealkylation sites (tertiary alicyclic amines) is 1. The summed E-state index contributed by atoms with van der Waals surface area (Å²) in [4.78, 5) is 37.7. The first-order chi connectivity index (χ1) is 15.0. The Morgan fingerprint density at radius 1 is 1.23 bits per heavy atom. The lowest BCUT2D eigenvalue weighted by Gasteiger charge is -2.30. The normalized spacial score (nSPS) is 18.0. The molecule has 0 saturated carbocycles. The van der Waals surface area contributed by atoms with E-state index < -0.39 is 0 Å². The molecule has 1 saturated heterocycles. The van der Waals surface area contributed by atoms with Gasteiger partial charge < -0.3 is 19.9 Å². The number of benzene rings is 1. The lowest BCUT2D eigenvalue weighted by molar-refractivity contribution is -0.134. The van der Waals surface area contributed by atoms with Gasteiger partial charge in [0.25, 0.3) is 5.91 Å². The molecule has 2 aliphatic heterocycles. The molecule has 164 valence electrons. The fraction of sp³-hybridized carbons (Fsp3) is 0.455. The number of amides is 2. The maximum atomic E-state index is 13.0. The second kappa shape index (κ2) is 8.87. The Hall–Kier alpha value is -3.23. The molecule has 0 bridgehead atoms. The Labute approximate surface area is 180 Å². The van der Waals surface area contributed by atoms with Crippen molar-refractivity contribution in [3.63, 3.8) is 0 Å². The number of nitrogens with zero attached hydrogens (tertiary/aromatic N) is 4. The van der Waals surface area contributed by atoms with Crippen LogP contribution in [0.4, 0.5) is 10.2 Å². The van der Waals surface area contributed by atoms with Gasteiger partial charge in [-0.1, -0.05) is 0 Å². The van der Waals surface area contributed by atoms with Crippen molar-refractivity contribution >= 4 is 17.6 Å². The first-order valence-corrected chi connectivity index (χ1v) is 10.5. The van der Waals surface area contributed by atoms with E-state index in [0.717, 1.165) is 24.1 Å². The third-order valence-electron chi connectivity index (χ3n) is 5.81. The zero-order valence-electron chi connectivity index (χ0n) is 17.7. The summed E-state index contributed by atoms with van der Waals surface area (Å²) < 4.78 is 18.6. The van der Waals surface area contributed by atoms with Crippen molar-refractivity contribution in [2.75, 3.05) is 32.1 Å². The standard InChI is InChI=1S/C22H26FN5O3/c1-14(29)27-11-9-18-17(12-27)21(24-2)26-22(25-18)19-4-3-10-28(19)20(30)13-31-16-7-5-15(23)6-8-16/h5-8,19H,3-4,9-13H2,1-2H3,(H,24,25,26). The van der Waals surface area contributed by atoms with Crippen molar-refractivity contribution in [3.05, 3.63) is 47.2 Å². The predicted molar refractivity (Wildman–Crippen MR) is 112 cm³/mol. The van der Waals surface area contributed by atoms with Crippen LogP contribution in [-0.4, -0.2) is 58.3 Å². The zero-order chi connectivity index (χ0) is 22.0. The van der Waals surface area contributed by atoms with Crippen LogP contribution in [0.15, 0.2) is 24.3 Å². The maximum absolute atomic E-state index is 13.0. The Morgan fingerprint density at radius 2 is 2.00 bits per heavy atom. The van der Waals surface area contributed by atoms with Crippen LogP contribution in [0.3, 0.4) is 0 Å². The fourth-order valence-electron chi connectivity index (χ4n) is 4.15. The molecule has 1 N–H and O–H groups in total. The number of nitrogens with one attached hydrogen (secondary N) is 1. The predicted octanol–water partition coefficient (Wildman–Crippen LogP) is 2.30. The van der Waals surface area contributed by atoms with Gasteiger partial charge in [0.15, 0.2) is 12.4 Å². The molecule has 2 amide bonds. The van der Waals surface area contributed by atoms with Crippen LogP contribution in [0.2, 0.25) is 0 Å². The molecule has 8 nitrogen and oxygen atoms in total. The minimum Gasteiger partial charge on any atom is -0.484 e. The van der Waals surface area contributed by atoms with Crippen LogP contribution in [-0.2, 0) is 22.6 Å². The molecule has 1 aromatic carbocycles. The van der Waals surface area contributed by atoms with Gasteiger partial charge in [-0.3, -0.25) is 9.59 Å². The highest BCUT2D eigenvalue weighted by atomic mass is 19.1. The van der Waals surface area contributed by atoms with Gasteiger partial charge in [-0.05, 0) is 37.1 Å². The third kappa shape index (κ3) is 4.45. The largest absolute Gasteiger partial charge is 0.484 e. The second-order valence-corrected chi connectivity index (χ2v) is 7.78. The molecular weight excluding hydrogens is 401 g/mol. The summed E-state index contributed by atoms with van der Waals surface area (Å²) in [5, 5.41) is 3.13. The van der Waals surface area contributed by atoms with E-state index in [4.69, 9.17) is 14.7 Å². The van der Waals surface area contributed by atoms with Gasteiger partial charge in [0.1, 0.15) is 17.4 Å². The minimum atomic E-state index is -0.352. The van der Waals surface area contributed by atoms with Gasteiger partial charge in [0, 0.05) is 39.0 Å². The Morgan fingerprint density at radius 3 is 2.71 bits per heavy atom. The molecule has 2 aliphatic rings. The first-order valence-electron chi connectivity index (χ1n) is 10.5. The maximum Gasteiger partial charge on any atom is 0.261 e. The highest BCUT2D eigenvalue weighted by Crippen LogP contribution is 2.33. The number of rotatable bonds is 5. The number of hydrogen-bond acceptors (Lipinski definition) is 6. The first kappa shape index (κ1) is 21.0. The van der Waals surface area contributed by atoms with Gasteiger partial charge in [-0.2, -0.15) is 0 Å². The average molecular weight is 427 g/mol. The zero-order valence-corrected chi connectivity index (χ0v) is 17.7. The SMILES string of the molecule is CNc1nc(C2CCCN2C(=O)COc2ccc(F)cc2)nc2c1CN(C(C)=O)CC2. The van der Waals surface area contributed by atoms with Crippen LogP contribution in [0, 0.1) is 5.82 Å². The van der Waals surface area contributed by atoms with E-state index in [1.165, 1.54) is 24.3 Å². The van der Waals surface area contributed by atoms with Crippen molar-refractivity contribution in [1.29, 1.82) is 0 Å². The molecule has 1 atom stereocenters. The second-order valence-electron chi connectivity index (χ2n) is 7.78. The van der Waals surface area contributed by atoms with Crippen LogP contribution in [0.25, 0.3) is 0 Å². The van der Waals surface area contributed by atoms with Crippen LogP contribution in [0.1, 0.15) is 42.9 Å². The molecule has 0 spiro atoms. The van der Waals surface area contributed by atoms with E-state index in [0.29, 0.717) is 43.4 Å². The van der Waals surface area contributed by atoms with Crippen LogP contribution < -0.4 is 10.1 Å². The summed E-state index contributed by atoms with van der Waals surface area (Å²) in [5.41, 5.74) is 1.86. The summed E-state index contributed by atoms with van der Waals surface area (Å²) in [6.07, 6.45) is 2.30. The number of anilines is 1. The van der Waals surface area contributed by atoms with Gasteiger partial charge >= 0.3 is 0 Å². The number of carbonyl (C=O) groups is 2. The quantitative estimate of drug-likeness (QED) is 0.788. The molecule has 3 heterocycles.